The Morgan fingerprint density at radius 3 is 2.74 bits per heavy atom. The number of hydrogen-bond donors (Lipinski definition) is 2. The van der Waals surface area contributed by atoms with Gasteiger partial charge in [0.2, 0.25) is 5.91 Å². The van der Waals surface area contributed by atoms with Crippen molar-refractivity contribution in [2.45, 2.75) is 57.9 Å². The minimum atomic E-state index is -0.220. The lowest BCUT2D eigenvalue weighted by Gasteiger charge is -2.19. The van der Waals surface area contributed by atoms with Crippen LogP contribution in [0.25, 0.3) is 22.2 Å². The van der Waals surface area contributed by atoms with Gasteiger partial charge in [-0.25, -0.2) is 4.98 Å². The van der Waals surface area contributed by atoms with Crippen LogP contribution < -0.4 is 5.32 Å². The Labute approximate surface area is 201 Å². The molecule has 1 aliphatic rings. The van der Waals surface area contributed by atoms with Crippen LogP contribution in [0.5, 0.6) is 0 Å². The molecule has 4 rings (SSSR count). The third-order valence-electron chi connectivity index (χ3n) is 6.76. The molecule has 1 fully saturated rings. The summed E-state index contributed by atoms with van der Waals surface area (Å²) < 4.78 is 0. The summed E-state index contributed by atoms with van der Waals surface area (Å²) in [6, 6.07) is 14.2. The van der Waals surface area contributed by atoms with Crippen LogP contribution in [0.3, 0.4) is 0 Å². The number of carbonyl (C=O) groups is 2. The molecule has 0 spiro atoms. The molecule has 2 heterocycles. The fraction of sp³-hybridized carbons (Fsp3) is 0.481. The van der Waals surface area contributed by atoms with Gasteiger partial charge in [-0.1, -0.05) is 56.2 Å². The molecule has 0 aliphatic carbocycles. The van der Waals surface area contributed by atoms with E-state index in [1.165, 1.54) is 5.39 Å². The maximum atomic E-state index is 13.0. The zero-order chi connectivity index (χ0) is 23.9. The van der Waals surface area contributed by atoms with Crippen molar-refractivity contribution >= 4 is 22.5 Å². The van der Waals surface area contributed by atoms with Gasteiger partial charge in [-0.15, -0.1) is 0 Å². The second kappa shape index (κ2) is 11.4. The Bertz CT molecular complexity index is 1120. The number of amides is 1. The molecule has 3 aromatic rings. The summed E-state index contributed by atoms with van der Waals surface area (Å²) in [5.41, 5.74) is 0.946. The lowest BCUT2D eigenvalue weighted by atomic mass is 10.0. The highest BCUT2D eigenvalue weighted by molar-refractivity contribution is 5.86. The summed E-state index contributed by atoms with van der Waals surface area (Å²) in [6.07, 6.45) is 5.64. The van der Waals surface area contributed by atoms with E-state index in [1.54, 1.807) is 0 Å². The minimum absolute atomic E-state index is 0.0116. The van der Waals surface area contributed by atoms with Crippen molar-refractivity contribution in [2.24, 2.45) is 5.92 Å². The maximum Gasteiger partial charge on any atom is 0.225 e. The van der Waals surface area contributed by atoms with Crippen LogP contribution >= 0.6 is 0 Å². The number of hydrogen-bond acceptors (Lipinski definition) is 5. The van der Waals surface area contributed by atoms with E-state index in [0.717, 1.165) is 56.1 Å². The molecule has 0 radical (unpaired) electrons. The topological polar surface area (TPSA) is 91.0 Å². The van der Waals surface area contributed by atoms with E-state index in [-0.39, 0.29) is 17.9 Å². The van der Waals surface area contributed by atoms with Crippen molar-refractivity contribution in [3.8, 4) is 11.4 Å². The molecule has 2 atom stereocenters. The first-order valence-corrected chi connectivity index (χ1v) is 12.5. The van der Waals surface area contributed by atoms with Gasteiger partial charge in [-0.2, -0.15) is 5.10 Å². The average molecular weight is 462 g/mol. The summed E-state index contributed by atoms with van der Waals surface area (Å²) >= 11 is 0. The number of Topliss-reactive ketones (excluding diaryl/α,β-unsaturated/α-hetero) is 1. The predicted molar refractivity (Wildman–Crippen MR) is 134 cm³/mol. The van der Waals surface area contributed by atoms with Crippen molar-refractivity contribution in [3.05, 3.63) is 48.3 Å². The van der Waals surface area contributed by atoms with Gasteiger partial charge in [0.1, 0.15) is 11.6 Å². The van der Waals surface area contributed by atoms with Crippen molar-refractivity contribution in [3.63, 3.8) is 0 Å². The SMILES string of the molecule is CCC(=O)CCCCC[C@H](NC(=O)[C@H]1CCN(C)C1)c1nc(-c2ccc3ccccc3c2)n[nH]1. The number of fused-ring (bicyclic) bond motifs is 1. The first kappa shape index (κ1) is 24.1. The van der Waals surface area contributed by atoms with Crippen molar-refractivity contribution in [2.75, 3.05) is 20.1 Å². The predicted octanol–water partition coefficient (Wildman–Crippen LogP) is 4.66. The first-order valence-electron chi connectivity index (χ1n) is 12.5. The average Bonchev–Trinajstić information content (AvgIpc) is 3.52. The molecule has 0 unspecified atom stereocenters. The molecule has 2 N–H and O–H groups in total. The Morgan fingerprint density at radius 1 is 1.15 bits per heavy atom. The van der Waals surface area contributed by atoms with Crippen LogP contribution in [0.1, 0.15) is 63.7 Å². The van der Waals surface area contributed by atoms with Gasteiger partial charge < -0.3 is 10.2 Å². The Kier molecular flexibility index (Phi) is 8.06. The third kappa shape index (κ3) is 6.08. The molecule has 7 nitrogen and oxygen atoms in total. The number of unbranched alkanes of at least 4 members (excludes halogenated alkanes) is 2. The van der Waals surface area contributed by atoms with Gasteiger partial charge in [0.05, 0.1) is 12.0 Å². The minimum Gasteiger partial charge on any atom is -0.346 e. The van der Waals surface area contributed by atoms with Gasteiger partial charge in [-0.3, -0.25) is 14.7 Å². The molecule has 34 heavy (non-hydrogen) atoms. The smallest absolute Gasteiger partial charge is 0.225 e. The van der Waals surface area contributed by atoms with E-state index in [2.05, 4.69) is 51.7 Å². The van der Waals surface area contributed by atoms with Crippen LogP contribution in [0.2, 0.25) is 0 Å². The highest BCUT2D eigenvalue weighted by atomic mass is 16.2. The van der Waals surface area contributed by atoms with Crippen LogP contribution in [-0.4, -0.2) is 51.9 Å². The molecular formula is C27H35N5O2. The number of likely N-dealkylation sites (tertiary alicyclic amines) is 1. The number of H-pyrrole nitrogens is 1. The second-order valence-electron chi connectivity index (χ2n) is 9.41. The van der Waals surface area contributed by atoms with E-state index >= 15 is 0 Å². The molecule has 1 aromatic heterocycles. The number of ketones is 1. The van der Waals surface area contributed by atoms with Crippen LogP contribution in [0.15, 0.2) is 42.5 Å². The standard InChI is InChI=1S/C27H35N5O2/c1-3-23(33)11-5-4-6-12-24(28-27(34)22-15-16-32(2)18-22)26-29-25(30-31-26)21-14-13-19-9-7-8-10-20(19)17-21/h7-10,13-14,17,22,24H,3-6,11-12,15-16,18H2,1-2H3,(H,28,34)(H,29,30,31)/t22-,24-/m0/s1. The lowest BCUT2D eigenvalue weighted by Crippen LogP contribution is -2.35. The van der Waals surface area contributed by atoms with Crippen LogP contribution in [-0.2, 0) is 9.59 Å². The van der Waals surface area contributed by atoms with E-state index in [9.17, 15) is 9.59 Å². The van der Waals surface area contributed by atoms with Crippen molar-refractivity contribution in [1.82, 2.24) is 25.4 Å². The molecule has 180 valence electrons. The van der Waals surface area contributed by atoms with E-state index in [0.29, 0.717) is 30.3 Å². The molecule has 2 aromatic carbocycles. The second-order valence-corrected chi connectivity index (χ2v) is 9.41. The summed E-state index contributed by atoms with van der Waals surface area (Å²) in [6.45, 7) is 3.64. The Morgan fingerprint density at radius 2 is 1.97 bits per heavy atom. The fourth-order valence-corrected chi connectivity index (χ4v) is 4.63. The van der Waals surface area contributed by atoms with E-state index in [1.807, 2.05) is 25.1 Å². The summed E-state index contributed by atoms with van der Waals surface area (Å²) in [7, 11) is 2.05. The van der Waals surface area contributed by atoms with Crippen LogP contribution in [0, 0.1) is 5.92 Å². The molecular weight excluding hydrogens is 426 g/mol. The van der Waals surface area contributed by atoms with Crippen molar-refractivity contribution in [1.29, 1.82) is 0 Å². The highest BCUT2D eigenvalue weighted by Crippen LogP contribution is 2.25. The van der Waals surface area contributed by atoms with Gasteiger partial charge in [0.15, 0.2) is 5.82 Å². The number of aromatic amines is 1. The fourth-order valence-electron chi connectivity index (χ4n) is 4.63. The highest BCUT2D eigenvalue weighted by Gasteiger charge is 2.29. The van der Waals surface area contributed by atoms with E-state index < -0.39 is 0 Å². The van der Waals surface area contributed by atoms with Gasteiger partial charge in [-0.05, 0) is 49.7 Å². The molecule has 0 bridgehead atoms. The molecule has 1 saturated heterocycles. The van der Waals surface area contributed by atoms with E-state index in [4.69, 9.17) is 4.98 Å². The van der Waals surface area contributed by atoms with Gasteiger partial charge in [0.25, 0.3) is 0 Å². The largest absolute Gasteiger partial charge is 0.346 e. The molecule has 7 heteroatoms. The first-order chi connectivity index (χ1) is 16.5. The summed E-state index contributed by atoms with van der Waals surface area (Å²) in [5.74, 6) is 1.73. The van der Waals surface area contributed by atoms with Crippen LogP contribution in [0.4, 0.5) is 0 Å². The monoisotopic (exact) mass is 461 g/mol. The number of benzene rings is 2. The number of aromatic nitrogens is 3. The zero-order valence-corrected chi connectivity index (χ0v) is 20.2. The lowest BCUT2D eigenvalue weighted by molar-refractivity contribution is -0.125. The Balaban J connectivity index is 1.46. The molecule has 1 amide bonds. The summed E-state index contributed by atoms with van der Waals surface area (Å²) in [4.78, 5) is 31.5. The quantitative estimate of drug-likeness (QED) is 0.405. The number of nitrogens with one attached hydrogen (secondary N) is 2. The zero-order valence-electron chi connectivity index (χ0n) is 20.2. The number of rotatable bonds is 11. The third-order valence-corrected chi connectivity index (χ3v) is 6.76. The normalized spacial score (nSPS) is 17.2. The molecule has 0 saturated carbocycles. The number of carbonyl (C=O) groups excluding carboxylic acids is 2. The molecule has 1 aliphatic heterocycles. The number of nitrogens with zero attached hydrogens (tertiary/aromatic N) is 3. The van der Waals surface area contributed by atoms with Gasteiger partial charge >= 0.3 is 0 Å². The maximum absolute atomic E-state index is 13.0. The summed E-state index contributed by atoms with van der Waals surface area (Å²) in [5, 5.41) is 13.1. The van der Waals surface area contributed by atoms with Crippen molar-refractivity contribution < 1.29 is 9.59 Å². The Hall–Kier alpha value is -3.06. The van der Waals surface area contributed by atoms with Gasteiger partial charge in [0, 0.05) is 24.9 Å².